The van der Waals surface area contributed by atoms with Crippen LogP contribution in [0.5, 0.6) is 11.8 Å². The van der Waals surface area contributed by atoms with E-state index in [0.29, 0.717) is 17.7 Å². The van der Waals surface area contributed by atoms with Gasteiger partial charge in [0.15, 0.2) is 0 Å². The Hall–Kier alpha value is -2.31. The zero-order valence-corrected chi connectivity index (χ0v) is 10.5. The van der Waals surface area contributed by atoms with Crippen molar-refractivity contribution >= 4 is 5.95 Å². The number of rotatable bonds is 5. The van der Waals surface area contributed by atoms with Crippen LogP contribution >= 0.6 is 0 Å². The Kier molecular flexibility index (Phi) is 3.61. The molecule has 1 atom stereocenters. The largest absolute Gasteiger partial charge is 0.481 e. The number of nitrogens with one attached hydrogen (secondary N) is 2. The Balaban J connectivity index is 2.17. The second-order valence-corrected chi connectivity index (χ2v) is 3.62. The Bertz CT molecular complexity index is 478. The van der Waals surface area contributed by atoms with Gasteiger partial charge in [0.2, 0.25) is 17.7 Å². The first-order valence-corrected chi connectivity index (χ1v) is 5.46. The summed E-state index contributed by atoms with van der Waals surface area (Å²) < 4.78 is 10.2. The van der Waals surface area contributed by atoms with Crippen LogP contribution in [0.3, 0.4) is 0 Å². The lowest BCUT2D eigenvalue weighted by molar-refractivity contribution is 0.372. The van der Waals surface area contributed by atoms with Crippen LogP contribution in [0, 0.1) is 0 Å². The summed E-state index contributed by atoms with van der Waals surface area (Å²) in [4.78, 5) is 15.6. The van der Waals surface area contributed by atoms with Gasteiger partial charge < -0.3 is 19.8 Å². The van der Waals surface area contributed by atoms with Crippen molar-refractivity contribution in [3.05, 3.63) is 24.3 Å². The van der Waals surface area contributed by atoms with Gasteiger partial charge in [-0.25, -0.2) is 4.98 Å². The molecule has 2 rings (SSSR count). The highest BCUT2D eigenvalue weighted by Crippen LogP contribution is 2.20. The maximum absolute atomic E-state index is 5.08. The third kappa shape index (κ3) is 2.68. The van der Waals surface area contributed by atoms with Crippen LogP contribution < -0.4 is 14.8 Å². The lowest BCUT2D eigenvalue weighted by atomic mass is 10.3. The predicted octanol–water partition coefficient (Wildman–Crippen LogP) is 1.39. The number of aromatic nitrogens is 4. The molecule has 0 fully saturated rings. The van der Waals surface area contributed by atoms with Gasteiger partial charge in [-0.05, 0) is 6.92 Å². The minimum atomic E-state index is -0.0446. The molecule has 2 aromatic heterocycles. The fraction of sp³-hybridized carbons (Fsp3) is 0.364. The normalized spacial score (nSPS) is 11.9. The summed E-state index contributed by atoms with van der Waals surface area (Å²) in [6.07, 6.45) is 3.46. The molecule has 2 N–H and O–H groups in total. The summed E-state index contributed by atoms with van der Waals surface area (Å²) in [7, 11) is 3.09. The SMILES string of the molecule is COc1cc(OC)nc(NC(C)c2ncc[nH]2)n1. The molecule has 0 radical (unpaired) electrons. The monoisotopic (exact) mass is 249 g/mol. The van der Waals surface area contributed by atoms with Gasteiger partial charge in [0, 0.05) is 12.4 Å². The van der Waals surface area contributed by atoms with Crippen molar-refractivity contribution < 1.29 is 9.47 Å². The van der Waals surface area contributed by atoms with Crippen LogP contribution in [0.15, 0.2) is 18.5 Å². The average molecular weight is 249 g/mol. The van der Waals surface area contributed by atoms with E-state index < -0.39 is 0 Å². The zero-order valence-electron chi connectivity index (χ0n) is 10.5. The highest BCUT2D eigenvalue weighted by molar-refractivity contribution is 5.35. The number of hydrogen-bond acceptors (Lipinski definition) is 6. The quantitative estimate of drug-likeness (QED) is 0.833. The fourth-order valence-corrected chi connectivity index (χ4v) is 1.45. The number of H-pyrrole nitrogens is 1. The van der Waals surface area contributed by atoms with Crippen LogP contribution in [0.25, 0.3) is 0 Å². The number of nitrogens with zero attached hydrogens (tertiary/aromatic N) is 3. The van der Waals surface area contributed by atoms with Crippen LogP contribution in [0.4, 0.5) is 5.95 Å². The average Bonchev–Trinajstić information content (AvgIpc) is 2.92. The number of hydrogen-bond donors (Lipinski definition) is 2. The number of imidazole rings is 1. The third-order valence-electron chi connectivity index (χ3n) is 2.37. The predicted molar refractivity (Wildman–Crippen MR) is 65.8 cm³/mol. The van der Waals surface area contributed by atoms with Crippen LogP contribution in [0.2, 0.25) is 0 Å². The molecule has 96 valence electrons. The van der Waals surface area contributed by atoms with Crippen LogP contribution in [-0.4, -0.2) is 34.2 Å². The minimum absolute atomic E-state index is 0.0446. The summed E-state index contributed by atoms with van der Waals surface area (Å²) in [6.45, 7) is 1.95. The first-order valence-electron chi connectivity index (χ1n) is 5.46. The maximum Gasteiger partial charge on any atom is 0.229 e. The second kappa shape index (κ2) is 5.35. The molecule has 18 heavy (non-hydrogen) atoms. The van der Waals surface area contributed by atoms with E-state index in [0.717, 1.165) is 5.82 Å². The van der Waals surface area contributed by atoms with Gasteiger partial charge in [0.1, 0.15) is 5.82 Å². The summed E-state index contributed by atoms with van der Waals surface area (Å²) >= 11 is 0. The Morgan fingerprint density at radius 2 is 1.89 bits per heavy atom. The first kappa shape index (κ1) is 12.2. The second-order valence-electron chi connectivity index (χ2n) is 3.62. The van der Waals surface area contributed by atoms with Gasteiger partial charge in [-0.1, -0.05) is 0 Å². The molecule has 0 spiro atoms. The summed E-state index contributed by atoms with van der Waals surface area (Å²) in [5.41, 5.74) is 0. The van der Waals surface area contributed by atoms with Crippen molar-refractivity contribution in [3.63, 3.8) is 0 Å². The maximum atomic E-state index is 5.08. The molecule has 0 saturated heterocycles. The number of anilines is 1. The Morgan fingerprint density at radius 3 is 2.39 bits per heavy atom. The molecular weight excluding hydrogens is 234 g/mol. The van der Waals surface area contributed by atoms with Gasteiger partial charge >= 0.3 is 0 Å². The van der Waals surface area contributed by atoms with Crippen molar-refractivity contribution in [1.29, 1.82) is 0 Å². The van der Waals surface area contributed by atoms with E-state index in [2.05, 4.69) is 25.3 Å². The van der Waals surface area contributed by atoms with Gasteiger partial charge in [0.25, 0.3) is 0 Å². The number of methoxy groups -OCH3 is 2. The van der Waals surface area contributed by atoms with Crippen molar-refractivity contribution in [2.24, 2.45) is 0 Å². The fourth-order valence-electron chi connectivity index (χ4n) is 1.45. The zero-order chi connectivity index (χ0) is 13.0. The smallest absolute Gasteiger partial charge is 0.229 e. The summed E-state index contributed by atoms with van der Waals surface area (Å²) in [5, 5.41) is 3.12. The molecule has 2 aromatic rings. The molecule has 0 aliphatic heterocycles. The molecule has 0 aliphatic rings. The van der Waals surface area contributed by atoms with Gasteiger partial charge in [0.05, 0.1) is 26.3 Å². The topological polar surface area (TPSA) is 85.0 Å². The molecule has 0 bridgehead atoms. The number of aromatic amines is 1. The standard InChI is InChI=1S/C11H15N5O2/c1-7(10-12-4-5-13-10)14-11-15-8(17-2)6-9(16-11)18-3/h4-7H,1-3H3,(H,12,13)(H,14,15,16). The minimum Gasteiger partial charge on any atom is -0.481 e. The lowest BCUT2D eigenvalue weighted by Crippen LogP contribution is -2.11. The molecule has 2 heterocycles. The van der Waals surface area contributed by atoms with E-state index in [1.54, 1.807) is 32.7 Å². The van der Waals surface area contributed by atoms with Crippen molar-refractivity contribution in [3.8, 4) is 11.8 Å². The highest BCUT2D eigenvalue weighted by Gasteiger charge is 2.11. The van der Waals surface area contributed by atoms with Crippen LogP contribution in [0.1, 0.15) is 18.8 Å². The van der Waals surface area contributed by atoms with Gasteiger partial charge in [-0.15, -0.1) is 0 Å². The molecule has 0 aliphatic carbocycles. The van der Waals surface area contributed by atoms with E-state index in [9.17, 15) is 0 Å². The highest BCUT2D eigenvalue weighted by atomic mass is 16.5. The third-order valence-corrected chi connectivity index (χ3v) is 2.37. The Morgan fingerprint density at radius 1 is 1.22 bits per heavy atom. The van der Waals surface area contributed by atoms with Crippen molar-refractivity contribution in [1.82, 2.24) is 19.9 Å². The molecule has 1 unspecified atom stereocenters. The van der Waals surface area contributed by atoms with Crippen molar-refractivity contribution in [2.45, 2.75) is 13.0 Å². The van der Waals surface area contributed by atoms with E-state index in [1.807, 2.05) is 6.92 Å². The molecule has 7 heteroatoms. The van der Waals surface area contributed by atoms with E-state index in [-0.39, 0.29) is 6.04 Å². The van der Waals surface area contributed by atoms with E-state index in [1.165, 1.54) is 0 Å². The Labute approximate surface area is 105 Å². The van der Waals surface area contributed by atoms with E-state index in [4.69, 9.17) is 9.47 Å². The molecular formula is C11H15N5O2. The first-order chi connectivity index (χ1) is 8.72. The van der Waals surface area contributed by atoms with E-state index >= 15 is 0 Å². The van der Waals surface area contributed by atoms with Gasteiger partial charge in [-0.2, -0.15) is 9.97 Å². The van der Waals surface area contributed by atoms with Crippen LogP contribution in [-0.2, 0) is 0 Å². The summed E-state index contributed by atoms with van der Waals surface area (Å²) in [6, 6.07) is 1.57. The van der Waals surface area contributed by atoms with Gasteiger partial charge in [-0.3, -0.25) is 0 Å². The molecule has 0 amide bonds. The lowest BCUT2D eigenvalue weighted by Gasteiger charge is -2.12. The molecule has 0 aromatic carbocycles. The molecule has 7 nitrogen and oxygen atoms in total. The molecule has 0 saturated carbocycles. The van der Waals surface area contributed by atoms with Crippen molar-refractivity contribution in [2.75, 3.05) is 19.5 Å². The summed E-state index contributed by atoms with van der Waals surface area (Å²) in [5.74, 6) is 2.11. The number of ether oxygens (including phenoxy) is 2.